The van der Waals surface area contributed by atoms with Gasteiger partial charge >= 0.3 is 0 Å². The van der Waals surface area contributed by atoms with Gasteiger partial charge in [-0.25, -0.2) is 0 Å². The highest BCUT2D eigenvalue weighted by Gasteiger charge is 1.76. The van der Waals surface area contributed by atoms with E-state index in [0.29, 0.717) is 13.0 Å². The van der Waals surface area contributed by atoms with Gasteiger partial charge in [-0.1, -0.05) is 0 Å². The third-order valence-electron chi connectivity index (χ3n) is 0.487. The Hall–Kier alpha value is -0.110. The average molecular weight is 90.1 g/mol. The Balaban J connectivity index is 2.34. The highest BCUT2D eigenvalue weighted by atomic mass is 19.1. The van der Waals surface area contributed by atoms with Crippen molar-refractivity contribution in [3.63, 3.8) is 0 Å². The first-order chi connectivity index (χ1) is 2.91. The molecule has 0 saturated carbocycles. The van der Waals surface area contributed by atoms with E-state index in [4.69, 9.17) is 0 Å². The van der Waals surface area contributed by atoms with Crippen LogP contribution in [0.25, 0.3) is 0 Å². The molecule has 0 spiro atoms. The quantitative estimate of drug-likeness (QED) is 0.504. The number of hydrogen-bond acceptors (Lipinski definition) is 1. The minimum absolute atomic E-state index is 0.248. The van der Waals surface area contributed by atoms with E-state index in [1.54, 1.807) is 0 Å². The van der Waals surface area contributed by atoms with Crippen LogP contribution in [0.1, 0.15) is 6.42 Å². The second-order valence-corrected chi connectivity index (χ2v) is 1.04. The Labute approximate surface area is 37.5 Å². The molecule has 0 aromatic rings. The van der Waals surface area contributed by atoms with Crippen LogP contribution in [-0.2, 0) is 0 Å². The van der Waals surface area contributed by atoms with E-state index in [1.807, 2.05) is 0 Å². The van der Waals surface area contributed by atoms with E-state index in [9.17, 15) is 4.39 Å². The molecule has 0 aliphatic carbocycles. The zero-order valence-electron chi connectivity index (χ0n) is 3.71. The van der Waals surface area contributed by atoms with Crippen LogP contribution in [-0.4, -0.2) is 13.2 Å². The molecule has 0 fully saturated rings. The van der Waals surface area contributed by atoms with Gasteiger partial charge in [0.25, 0.3) is 0 Å². The van der Waals surface area contributed by atoms with E-state index in [0.717, 1.165) is 0 Å². The highest BCUT2D eigenvalue weighted by Crippen LogP contribution is 1.73. The van der Waals surface area contributed by atoms with Crippen molar-refractivity contribution in [3.05, 3.63) is 7.05 Å². The van der Waals surface area contributed by atoms with Gasteiger partial charge in [0.2, 0.25) is 0 Å². The SMILES string of the molecule is [CH2]NCCCF. The summed E-state index contributed by atoms with van der Waals surface area (Å²) in [6, 6.07) is 0. The van der Waals surface area contributed by atoms with Gasteiger partial charge in [-0.15, -0.1) is 0 Å². The fourth-order valence-corrected chi connectivity index (χ4v) is 0.192. The molecule has 0 aromatic heterocycles. The first-order valence-electron chi connectivity index (χ1n) is 1.97. The lowest BCUT2D eigenvalue weighted by Crippen LogP contribution is -2.04. The average Bonchev–Trinajstić information content (AvgIpc) is 1.61. The monoisotopic (exact) mass is 90.1 g/mol. The van der Waals surface area contributed by atoms with Crippen LogP contribution < -0.4 is 5.32 Å². The predicted molar refractivity (Wildman–Crippen MR) is 24.0 cm³/mol. The molecule has 37 valence electrons. The zero-order valence-corrected chi connectivity index (χ0v) is 3.71. The number of nitrogens with one attached hydrogen (secondary N) is 1. The number of rotatable bonds is 3. The summed E-state index contributed by atoms with van der Waals surface area (Å²) in [6.07, 6.45) is 0.573. The normalized spacial score (nSPS) is 9.00. The molecule has 1 nitrogen and oxygen atoms in total. The molecule has 6 heavy (non-hydrogen) atoms. The minimum Gasteiger partial charge on any atom is -0.315 e. The van der Waals surface area contributed by atoms with E-state index in [1.165, 1.54) is 0 Å². The molecule has 1 radical (unpaired) electrons. The van der Waals surface area contributed by atoms with Crippen LogP contribution in [0, 0.1) is 7.05 Å². The molecule has 0 rings (SSSR count). The zero-order chi connectivity index (χ0) is 4.83. The summed E-state index contributed by atoms with van der Waals surface area (Å²) in [7, 11) is 3.31. The molecule has 1 N–H and O–H groups in total. The molecule has 2 heteroatoms. The molecule has 0 aliphatic rings. The second-order valence-electron chi connectivity index (χ2n) is 1.04. The molecule has 0 aliphatic heterocycles. The Morgan fingerprint density at radius 3 is 2.50 bits per heavy atom. The van der Waals surface area contributed by atoms with Crippen molar-refractivity contribution < 1.29 is 4.39 Å². The van der Waals surface area contributed by atoms with Crippen molar-refractivity contribution in [1.82, 2.24) is 5.32 Å². The van der Waals surface area contributed by atoms with Crippen molar-refractivity contribution in [1.29, 1.82) is 0 Å². The van der Waals surface area contributed by atoms with Gasteiger partial charge in [0, 0.05) is 7.05 Å². The molecular weight excluding hydrogens is 81.0 g/mol. The van der Waals surface area contributed by atoms with Crippen molar-refractivity contribution in [2.75, 3.05) is 13.2 Å². The third kappa shape index (κ3) is 3.89. The van der Waals surface area contributed by atoms with Gasteiger partial charge in [0.05, 0.1) is 6.67 Å². The van der Waals surface area contributed by atoms with E-state index >= 15 is 0 Å². The molecule has 0 atom stereocenters. The Morgan fingerprint density at radius 1 is 1.67 bits per heavy atom. The van der Waals surface area contributed by atoms with Gasteiger partial charge in [0.15, 0.2) is 0 Å². The van der Waals surface area contributed by atoms with Crippen LogP contribution in [0.2, 0.25) is 0 Å². The molecule has 0 unspecified atom stereocenters. The fourth-order valence-electron chi connectivity index (χ4n) is 0.192. The third-order valence-corrected chi connectivity index (χ3v) is 0.487. The van der Waals surface area contributed by atoms with E-state index in [2.05, 4.69) is 12.4 Å². The van der Waals surface area contributed by atoms with Crippen LogP contribution in [0.3, 0.4) is 0 Å². The van der Waals surface area contributed by atoms with Crippen molar-refractivity contribution in [2.24, 2.45) is 0 Å². The van der Waals surface area contributed by atoms with Gasteiger partial charge in [0.1, 0.15) is 0 Å². The molecule has 0 saturated heterocycles. The lowest BCUT2D eigenvalue weighted by Gasteiger charge is -1.87. The second kappa shape index (κ2) is 4.89. The van der Waals surface area contributed by atoms with Gasteiger partial charge in [-0.3, -0.25) is 4.39 Å². The molecule has 0 bridgehead atoms. The Morgan fingerprint density at radius 2 is 2.33 bits per heavy atom. The molecule has 0 aromatic carbocycles. The van der Waals surface area contributed by atoms with Crippen molar-refractivity contribution in [3.8, 4) is 0 Å². The topological polar surface area (TPSA) is 12.0 Å². The summed E-state index contributed by atoms with van der Waals surface area (Å²) in [4.78, 5) is 0. The predicted octanol–water partition coefficient (Wildman–Crippen LogP) is 0.727. The smallest absolute Gasteiger partial charge is 0.0906 e. The number of halogens is 1. The van der Waals surface area contributed by atoms with Gasteiger partial charge < -0.3 is 5.32 Å². The van der Waals surface area contributed by atoms with Crippen molar-refractivity contribution in [2.45, 2.75) is 6.42 Å². The number of hydrogen-bond donors (Lipinski definition) is 1. The van der Waals surface area contributed by atoms with E-state index < -0.39 is 0 Å². The minimum atomic E-state index is -0.248. The van der Waals surface area contributed by atoms with Crippen molar-refractivity contribution >= 4 is 0 Å². The van der Waals surface area contributed by atoms with Crippen LogP contribution in [0.4, 0.5) is 4.39 Å². The number of alkyl halides is 1. The van der Waals surface area contributed by atoms with Crippen LogP contribution in [0.15, 0.2) is 0 Å². The maximum atomic E-state index is 11.1. The summed E-state index contributed by atoms with van der Waals surface area (Å²) in [6.45, 7) is 0.430. The standard InChI is InChI=1S/C4H9FN/c1-6-4-2-3-5/h6H,1-4H2. The summed E-state index contributed by atoms with van der Waals surface area (Å²) >= 11 is 0. The lowest BCUT2D eigenvalue weighted by molar-refractivity contribution is 0.469. The summed E-state index contributed by atoms with van der Waals surface area (Å²) in [5.41, 5.74) is 0. The fraction of sp³-hybridized carbons (Fsp3) is 0.750. The van der Waals surface area contributed by atoms with Gasteiger partial charge in [-0.2, -0.15) is 0 Å². The largest absolute Gasteiger partial charge is 0.315 e. The first kappa shape index (κ1) is 5.89. The van der Waals surface area contributed by atoms with Crippen LogP contribution in [0.5, 0.6) is 0 Å². The Bertz CT molecular complexity index is 19.5. The maximum absolute atomic E-state index is 11.1. The maximum Gasteiger partial charge on any atom is 0.0906 e. The summed E-state index contributed by atoms with van der Waals surface area (Å²) < 4.78 is 11.1. The van der Waals surface area contributed by atoms with Crippen LogP contribution >= 0.6 is 0 Å². The summed E-state index contributed by atoms with van der Waals surface area (Å²) in [5.74, 6) is 0. The van der Waals surface area contributed by atoms with E-state index in [-0.39, 0.29) is 6.67 Å². The lowest BCUT2D eigenvalue weighted by atomic mass is 10.5. The molecule has 0 amide bonds. The molecular formula is C4H9FN. The summed E-state index contributed by atoms with van der Waals surface area (Å²) in [5, 5.41) is 2.58. The van der Waals surface area contributed by atoms with Gasteiger partial charge in [-0.05, 0) is 13.0 Å². The highest BCUT2D eigenvalue weighted by molar-refractivity contribution is 4.39. The Kier molecular flexibility index (Phi) is 4.80. The first-order valence-corrected chi connectivity index (χ1v) is 1.97. The molecule has 0 heterocycles.